The van der Waals surface area contributed by atoms with Crippen molar-refractivity contribution in [3.8, 4) is 22.8 Å². The van der Waals surface area contributed by atoms with Gasteiger partial charge in [-0.25, -0.2) is 4.98 Å². The summed E-state index contributed by atoms with van der Waals surface area (Å²) in [7, 11) is 3.16. The molecule has 0 saturated carbocycles. The molecule has 0 unspecified atom stereocenters. The van der Waals surface area contributed by atoms with Gasteiger partial charge in [0.1, 0.15) is 17.3 Å². The molecule has 1 amide bonds. The van der Waals surface area contributed by atoms with E-state index in [0.717, 1.165) is 44.2 Å². The van der Waals surface area contributed by atoms with Gasteiger partial charge in [-0.3, -0.25) is 14.6 Å². The van der Waals surface area contributed by atoms with Crippen molar-refractivity contribution in [3.05, 3.63) is 123 Å². The Kier molecular flexibility index (Phi) is 9.04. The standard InChI is InChI=1S/C34H31N3O4S/c1-22-6-12-28(16-27(22)18-33-37-31(21-42-33)26-5-4-14-35-20-26)36-34(39)24-9-7-23(8-10-24)15-29(38)17-25-11-13-30(40-2)19-32(25)41-3/h4-14,16,19-21H,15,17-18H2,1-3H3,(H,36,39). The van der Waals surface area contributed by atoms with E-state index in [9.17, 15) is 9.59 Å². The molecule has 0 saturated heterocycles. The van der Waals surface area contributed by atoms with E-state index in [0.29, 0.717) is 23.5 Å². The summed E-state index contributed by atoms with van der Waals surface area (Å²) < 4.78 is 10.6. The third kappa shape index (κ3) is 7.08. The average Bonchev–Trinajstić information content (AvgIpc) is 3.48. The monoisotopic (exact) mass is 577 g/mol. The maximum atomic E-state index is 13.0. The van der Waals surface area contributed by atoms with Gasteiger partial charge < -0.3 is 14.8 Å². The van der Waals surface area contributed by atoms with Crippen LogP contribution in [0.25, 0.3) is 11.3 Å². The summed E-state index contributed by atoms with van der Waals surface area (Å²) in [6, 6.07) is 22.4. The van der Waals surface area contributed by atoms with Crippen molar-refractivity contribution in [1.29, 1.82) is 0 Å². The molecule has 2 aromatic heterocycles. The maximum absolute atomic E-state index is 13.0. The number of hydrogen-bond donors (Lipinski definition) is 1. The quantitative estimate of drug-likeness (QED) is 0.187. The van der Waals surface area contributed by atoms with Gasteiger partial charge in [-0.1, -0.05) is 24.3 Å². The highest BCUT2D eigenvalue weighted by molar-refractivity contribution is 7.10. The van der Waals surface area contributed by atoms with Crippen molar-refractivity contribution in [2.24, 2.45) is 0 Å². The Bertz CT molecular complexity index is 1700. The van der Waals surface area contributed by atoms with E-state index in [1.807, 2.05) is 66.2 Å². The van der Waals surface area contributed by atoms with Crippen LogP contribution in [0.2, 0.25) is 0 Å². The predicted molar refractivity (Wildman–Crippen MR) is 166 cm³/mol. The number of rotatable bonds is 11. The van der Waals surface area contributed by atoms with Crippen molar-refractivity contribution < 1.29 is 19.1 Å². The molecule has 0 radical (unpaired) electrons. The molecule has 5 aromatic rings. The van der Waals surface area contributed by atoms with Crippen LogP contribution in [-0.4, -0.2) is 35.9 Å². The number of carbonyl (C=O) groups excluding carboxylic acids is 2. The topological polar surface area (TPSA) is 90.4 Å². The molecule has 0 atom stereocenters. The number of nitrogens with zero attached hydrogens (tertiary/aromatic N) is 2. The third-order valence-electron chi connectivity index (χ3n) is 6.96. The normalized spacial score (nSPS) is 10.7. The fourth-order valence-electron chi connectivity index (χ4n) is 4.62. The first kappa shape index (κ1) is 28.7. The van der Waals surface area contributed by atoms with E-state index in [-0.39, 0.29) is 24.5 Å². The van der Waals surface area contributed by atoms with Crippen molar-refractivity contribution in [1.82, 2.24) is 9.97 Å². The van der Waals surface area contributed by atoms with Gasteiger partial charge in [-0.05, 0) is 66.1 Å². The minimum absolute atomic E-state index is 0.0515. The Labute approximate surface area is 249 Å². The largest absolute Gasteiger partial charge is 0.497 e. The van der Waals surface area contributed by atoms with Crippen LogP contribution < -0.4 is 14.8 Å². The molecule has 1 N–H and O–H groups in total. The number of ether oxygens (including phenoxy) is 2. The molecule has 212 valence electrons. The van der Waals surface area contributed by atoms with Crippen molar-refractivity contribution in [2.75, 3.05) is 19.5 Å². The Morgan fingerprint density at radius 3 is 2.48 bits per heavy atom. The number of pyridine rings is 1. The molecule has 0 aliphatic heterocycles. The lowest BCUT2D eigenvalue weighted by molar-refractivity contribution is -0.117. The highest BCUT2D eigenvalue weighted by Gasteiger charge is 2.13. The third-order valence-corrected chi connectivity index (χ3v) is 7.81. The summed E-state index contributed by atoms with van der Waals surface area (Å²) in [5.74, 6) is 1.14. The van der Waals surface area contributed by atoms with E-state index in [4.69, 9.17) is 14.5 Å². The zero-order chi connectivity index (χ0) is 29.5. The lowest BCUT2D eigenvalue weighted by atomic mass is 10.0. The van der Waals surface area contributed by atoms with Crippen LogP contribution in [0.15, 0.2) is 90.6 Å². The second kappa shape index (κ2) is 13.2. The zero-order valence-corrected chi connectivity index (χ0v) is 24.5. The van der Waals surface area contributed by atoms with Crippen LogP contribution in [0.1, 0.15) is 37.6 Å². The van der Waals surface area contributed by atoms with Crippen LogP contribution in [0.3, 0.4) is 0 Å². The van der Waals surface area contributed by atoms with E-state index >= 15 is 0 Å². The molecule has 8 heteroatoms. The van der Waals surface area contributed by atoms with Gasteiger partial charge in [0.2, 0.25) is 0 Å². The summed E-state index contributed by atoms with van der Waals surface area (Å²) in [5.41, 5.74) is 7.02. The molecule has 7 nitrogen and oxygen atoms in total. The number of carbonyl (C=O) groups is 2. The van der Waals surface area contributed by atoms with Crippen LogP contribution >= 0.6 is 11.3 Å². The number of aryl methyl sites for hydroxylation is 1. The number of hydrogen-bond acceptors (Lipinski definition) is 7. The van der Waals surface area contributed by atoms with Gasteiger partial charge in [0.05, 0.1) is 24.9 Å². The van der Waals surface area contributed by atoms with Crippen LogP contribution in [0.5, 0.6) is 11.5 Å². The van der Waals surface area contributed by atoms with Crippen LogP contribution in [0.4, 0.5) is 5.69 Å². The first-order valence-electron chi connectivity index (χ1n) is 13.5. The molecule has 0 spiro atoms. The Balaban J connectivity index is 1.19. The minimum atomic E-state index is -0.209. The summed E-state index contributed by atoms with van der Waals surface area (Å²) in [6.07, 6.45) is 4.74. The molecular weight excluding hydrogens is 546 g/mol. The molecule has 0 bridgehead atoms. The van der Waals surface area contributed by atoms with Gasteiger partial charge in [0.15, 0.2) is 0 Å². The number of nitrogens with one attached hydrogen (secondary N) is 1. The second-order valence-corrected chi connectivity index (χ2v) is 10.8. The molecule has 42 heavy (non-hydrogen) atoms. The van der Waals surface area contributed by atoms with Gasteiger partial charge in [0, 0.05) is 65.5 Å². The van der Waals surface area contributed by atoms with Gasteiger partial charge in [-0.15, -0.1) is 11.3 Å². The fraction of sp³-hybridized carbons (Fsp3) is 0.176. The molecular formula is C34H31N3O4S. The summed E-state index contributed by atoms with van der Waals surface area (Å²) in [5, 5.41) is 6.04. The number of benzene rings is 3. The molecule has 0 fully saturated rings. The van der Waals surface area contributed by atoms with E-state index < -0.39 is 0 Å². The van der Waals surface area contributed by atoms with Crippen LogP contribution in [-0.2, 0) is 24.1 Å². The fourth-order valence-corrected chi connectivity index (χ4v) is 5.45. The lowest BCUT2D eigenvalue weighted by Gasteiger charge is -2.11. The van der Waals surface area contributed by atoms with Crippen molar-refractivity contribution in [3.63, 3.8) is 0 Å². The van der Waals surface area contributed by atoms with Crippen molar-refractivity contribution in [2.45, 2.75) is 26.2 Å². The average molecular weight is 578 g/mol. The second-order valence-electron chi connectivity index (χ2n) is 9.91. The van der Waals surface area contributed by atoms with E-state index in [1.54, 1.807) is 50.0 Å². The number of ketones is 1. The molecule has 0 aliphatic carbocycles. The van der Waals surface area contributed by atoms with Gasteiger partial charge in [-0.2, -0.15) is 0 Å². The number of Topliss-reactive ketones (excluding diaryl/α,β-unsaturated/α-hetero) is 1. The number of amides is 1. The lowest BCUT2D eigenvalue weighted by Crippen LogP contribution is -2.13. The number of aromatic nitrogens is 2. The molecule has 5 rings (SSSR count). The SMILES string of the molecule is COc1ccc(CC(=O)Cc2ccc(C(=O)Nc3ccc(C)c(Cc4nc(-c5cccnc5)cs4)c3)cc2)c(OC)c1. The van der Waals surface area contributed by atoms with Gasteiger partial charge >= 0.3 is 0 Å². The highest BCUT2D eigenvalue weighted by atomic mass is 32.1. The summed E-state index contributed by atoms with van der Waals surface area (Å²) >= 11 is 1.61. The Hall–Kier alpha value is -4.82. The smallest absolute Gasteiger partial charge is 0.255 e. The maximum Gasteiger partial charge on any atom is 0.255 e. The van der Waals surface area contributed by atoms with Crippen molar-refractivity contribution >= 4 is 28.7 Å². The Morgan fingerprint density at radius 1 is 0.905 bits per heavy atom. The van der Waals surface area contributed by atoms with Gasteiger partial charge in [0.25, 0.3) is 5.91 Å². The highest BCUT2D eigenvalue weighted by Crippen LogP contribution is 2.27. The van der Waals surface area contributed by atoms with E-state index in [2.05, 4.69) is 17.2 Å². The molecule has 0 aliphatic rings. The van der Waals surface area contributed by atoms with E-state index in [1.165, 1.54) is 0 Å². The summed E-state index contributed by atoms with van der Waals surface area (Å²) in [6.45, 7) is 2.06. The minimum Gasteiger partial charge on any atom is -0.497 e. The first-order valence-corrected chi connectivity index (χ1v) is 14.4. The molecule has 2 heterocycles. The molecule has 3 aromatic carbocycles. The number of methoxy groups -OCH3 is 2. The zero-order valence-electron chi connectivity index (χ0n) is 23.7. The summed E-state index contributed by atoms with van der Waals surface area (Å²) in [4.78, 5) is 34.7. The Morgan fingerprint density at radius 2 is 1.74 bits per heavy atom. The number of thiazole rings is 1. The predicted octanol–water partition coefficient (Wildman–Crippen LogP) is 6.73. The van der Waals surface area contributed by atoms with Crippen LogP contribution in [0, 0.1) is 6.92 Å². The number of anilines is 1. The first-order chi connectivity index (χ1) is 20.4.